The van der Waals surface area contributed by atoms with Crippen LogP contribution in [0.2, 0.25) is 0 Å². The minimum absolute atomic E-state index is 0. The van der Waals surface area contributed by atoms with E-state index in [1.54, 1.807) is 0 Å². The van der Waals surface area contributed by atoms with Gasteiger partial charge in [-0.2, -0.15) is 0 Å². The topological polar surface area (TPSA) is 55.1 Å². The highest BCUT2D eigenvalue weighted by Crippen LogP contribution is 2.25. The molecule has 3 N–H and O–H groups in total. The molecule has 1 amide bonds. The number of nitrogens with two attached hydrogens (primary N) is 1. The van der Waals surface area contributed by atoms with Crippen LogP contribution in [-0.2, 0) is 10.2 Å². The van der Waals surface area contributed by atoms with Gasteiger partial charge < -0.3 is 11.1 Å². The minimum Gasteiger partial charge on any atom is -0.354 e. The zero-order valence-electron chi connectivity index (χ0n) is 13.8. The van der Waals surface area contributed by atoms with E-state index in [-0.39, 0.29) is 23.7 Å². The quantitative estimate of drug-likeness (QED) is 0.847. The summed E-state index contributed by atoms with van der Waals surface area (Å²) < 4.78 is 0. The number of nitrogens with one attached hydrogen (secondary N) is 1. The van der Waals surface area contributed by atoms with Crippen LogP contribution in [-0.4, -0.2) is 18.5 Å². The number of hydrogen-bond donors (Lipinski definition) is 2. The van der Waals surface area contributed by atoms with Gasteiger partial charge in [0.15, 0.2) is 0 Å². The van der Waals surface area contributed by atoms with Gasteiger partial charge in [-0.1, -0.05) is 52.0 Å². The third-order valence-corrected chi connectivity index (χ3v) is 3.64. The molecule has 0 saturated carbocycles. The van der Waals surface area contributed by atoms with Crippen molar-refractivity contribution in [2.45, 2.75) is 52.5 Å². The van der Waals surface area contributed by atoms with Crippen molar-refractivity contribution >= 4 is 18.3 Å². The lowest BCUT2D eigenvalue weighted by Crippen LogP contribution is -2.45. The van der Waals surface area contributed by atoms with E-state index in [1.807, 2.05) is 12.1 Å². The number of halogens is 1. The van der Waals surface area contributed by atoms with Crippen LogP contribution in [0.5, 0.6) is 0 Å². The Hall–Kier alpha value is -1.06. The van der Waals surface area contributed by atoms with Crippen LogP contribution in [0.3, 0.4) is 0 Å². The van der Waals surface area contributed by atoms with E-state index in [2.05, 4.69) is 52.1 Å². The van der Waals surface area contributed by atoms with Gasteiger partial charge in [0.25, 0.3) is 0 Å². The Kier molecular flexibility index (Phi) is 7.98. The fraction of sp³-hybridized carbons (Fsp3) is 0.588. The van der Waals surface area contributed by atoms with Crippen LogP contribution in [0.4, 0.5) is 0 Å². The molecule has 0 aliphatic carbocycles. The van der Waals surface area contributed by atoms with Crippen LogP contribution >= 0.6 is 12.4 Å². The summed E-state index contributed by atoms with van der Waals surface area (Å²) >= 11 is 0. The van der Waals surface area contributed by atoms with Crippen LogP contribution < -0.4 is 11.1 Å². The highest BCUT2D eigenvalue weighted by molar-refractivity contribution is 5.85. The second kappa shape index (κ2) is 8.40. The molecule has 0 fully saturated rings. The molecule has 1 aromatic rings. The Labute approximate surface area is 135 Å². The first-order valence-corrected chi connectivity index (χ1v) is 7.33. The van der Waals surface area contributed by atoms with E-state index in [0.29, 0.717) is 12.5 Å². The van der Waals surface area contributed by atoms with Crippen LogP contribution in [0.25, 0.3) is 0 Å². The Balaban J connectivity index is 0.00000400. The molecule has 0 aromatic heterocycles. The second-order valence-corrected chi connectivity index (χ2v) is 6.65. The summed E-state index contributed by atoms with van der Waals surface area (Å²) in [6, 6.07) is 7.88. The van der Waals surface area contributed by atoms with Crippen molar-refractivity contribution < 1.29 is 4.79 Å². The molecular formula is C17H29ClN2O. The van der Waals surface area contributed by atoms with E-state index in [1.165, 1.54) is 11.1 Å². The first kappa shape index (κ1) is 19.9. The molecule has 1 aromatic carbocycles. The van der Waals surface area contributed by atoms with Gasteiger partial charge in [0, 0.05) is 12.0 Å². The van der Waals surface area contributed by atoms with Gasteiger partial charge in [0.2, 0.25) is 5.91 Å². The largest absolute Gasteiger partial charge is 0.354 e. The molecule has 1 atom stereocenters. The summed E-state index contributed by atoms with van der Waals surface area (Å²) in [5, 5.41) is 2.99. The summed E-state index contributed by atoms with van der Waals surface area (Å²) in [6.07, 6.45) is 0.719. The smallest absolute Gasteiger partial charge is 0.236 e. The Morgan fingerprint density at radius 3 is 2.38 bits per heavy atom. The van der Waals surface area contributed by atoms with Gasteiger partial charge in [-0.05, 0) is 30.4 Å². The first-order chi connectivity index (χ1) is 9.24. The zero-order chi connectivity index (χ0) is 15.3. The summed E-state index contributed by atoms with van der Waals surface area (Å²) in [5.74, 6) is 0.375. The number of benzene rings is 1. The van der Waals surface area contributed by atoms with Gasteiger partial charge in [-0.25, -0.2) is 0 Å². The fourth-order valence-corrected chi connectivity index (χ4v) is 2.48. The summed E-state index contributed by atoms with van der Waals surface area (Å²) in [7, 11) is 0. The third-order valence-electron chi connectivity index (χ3n) is 3.64. The van der Waals surface area contributed by atoms with E-state index in [0.717, 1.165) is 6.42 Å². The Morgan fingerprint density at radius 1 is 1.29 bits per heavy atom. The molecule has 0 spiro atoms. The van der Waals surface area contributed by atoms with E-state index < -0.39 is 6.04 Å². The van der Waals surface area contributed by atoms with Crippen molar-refractivity contribution in [3.63, 3.8) is 0 Å². The second-order valence-electron chi connectivity index (χ2n) is 6.65. The van der Waals surface area contributed by atoms with Gasteiger partial charge >= 0.3 is 0 Å². The van der Waals surface area contributed by atoms with Crippen molar-refractivity contribution in [1.29, 1.82) is 0 Å². The normalized spacial score (nSPS) is 12.7. The maximum atomic E-state index is 12.0. The average Bonchev–Trinajstić information content (AvgIpc) is 2.35. The molecule has 120 valence electrons. The molecule has 3 nitrogen and oxygen atoms in total. The lowest BCUT2D eigenvalue weighted by atomic mass is 9.82. The molecule has 0 heterocycles. The number of amides is 1. The number of rotatable bonds is 6. The maximum Gasteiger partial charge on any atom is 0.236 e. The molecule has 0 bridgehead atoms. The Bertz CT molecular complexity index is 458. The van der Waals surface area contributed by atoms with Crippen molar-refractivity contribution in [3.8, 4) is 0 Å². The van der Waals surface area contributed by atoms with E-state index in [9.17, 15) is 4.79 Å². The molecule has 0 radical (unpaired) electrons. The van der Waals surface area contributed by atoms with Crippen LogP contribution in [0.1, 0.15) is 45.2 Å². The van der Waals surface area contributed by atoms with E-state index >= 15 is 0 Å². The molecule has 4 heteroatoms. The molecule has 1 rings (SSSR count). The summed E-state index contributed by atoms with van der Waals surface area (Å²) in [6.45, 7) is 11.1. The van der Waals surface area contributed by atoms with Crippen molar-refractivity contribution in [2.24, 2.45) is 11.7 Å². The maximum absolute atomic E-state index is 12.0. The van der Waals surface area contributed by atoms with E-state index in [4.69, 9.17) is 5.73 Å². The fourth-order valence-electron chi connectivity index (χ4n) is 2.48. The van der Waals surface area contributed by atoms with Crippen molar-refractivity contribution in [2.75, 3.05) is 6.54 Å². The van der Waals surface area contributed by atoms with Gasteiger partial charge in [-0.15, -0.1) is 12.4 Å². The van der Waals surface area contributed by atoms with Gasteiger partial charge in [-0.3, -0.25) is 4.79 Å². The summed E-state index contributed by atoms with van der Waals surface area (Å²) in [5.41, 5.74) is 8.32. The number of aryl methyl sites for hydroxylation is 1. The van der Waals surface area contributed by atoms with Crippen LogP contribution in [0.15, 0.2) is 24.3 Å². The van der Waals surface area contributed by atoms with Crippen molar-refractivity contribution in [3.05, 3.63) is 35.4 Å². The number of carbonyl (C=O) groups is 1. The number of carbonyl (C=O) groups excluding carboxylic acids is 1. The standard InChI is InChI=1S/C17H28N2O.ClH/c1-12(2)10-15(18)16(20)19-11-17(4,5)14-9-7-6-8-13(14)3;/h6-9,12,15H,10-11,18H2,1-5H3,(H,19,20);1H/t15-;/m0./s1. The SMILES string of the molecule is Cc1ccccc1C(C)(C)CNC(=O)[C@@H](N)CC(C)C.Cl. The minimum atomic E-state index is -0.414. The highest BCUT2D eigenvalue weighted by Gasteiger charge is 2.24. The first-order valence-electron chi connectivity index (χ1n) is 7.33. The lowest BCUT2D eigenvalue weighted by molar-refractivity contribution is -0.122. The van der Waals surface area contributed by atoms with Gasteiger partial charge in [0.05, 0.1) is 6.04 Å². The molecule has 0 aliphatic rings. The lowest BCUT2D eigenvalue weighted by Gasteiger charge is -2.28. The molecule has 21 heavy (non-hydrogen) atoms. The van der Waals surface area contributed by atoms with Gasteiger partial charge in [0.1, 0.15) is 0 Å². The van der Waals surface area contributed by atoms with Crippen molar-refractivity contribution in [1.82, 2.24) is 5.32 Å². The summed E-state index contributed by atoms with van der Waals surface area (Å²) in [4.78, 5) is 12.0. The zero-order valence-corrected chi connectivity index (χ0v) is 14.6. The average molecular weight is 313 g/mol. The molecule has 0 saturated heterocycles. The predicted molar refractivity (Wildman–Crippen MR) is 91.9 cm³/mol. The number of hydrogen-bond acceptors (Lipinski definition) is 2. The monoisotopic (exact) mass is 312 g/mol. The van der Waals surface area contributed by atoms with Crippen LogP contribution in [0, 0.1) is 12.8 Å². The Morgan fingerprint density at radius 2 is 1.86 bits per heavy atom. The highest BCUT2D eigenvalue weighted by atomic mass is 35.5. The predicted octanol–water partition coefficient (Wildman–Crippen LogP) is 3.18. The molecular weight excluding hydrogens is 284 g/mol. The third kappa shape index (κ3) is 6.06. The molecule has 0 aliphatic heterocycles. The molecule has 0 unspecified atom stereocenters.